The molecule has 0 aliphatic rings. The van der Waals surface area contributed by atoms with Gasteiger partial charge in [0.15, 0.2) is 0 Å². The third-order valence-electron chi connectivity index (χ3n) is 1.19. The number of rotatable bonds is 0. The molecule has 0 aromatic carbocycles. The van der Waals surface area contributed by atoms with Crippen LogP contribution in [0.15, 0.2) is 0 Å². The fraction of sp³-hybridized carbons (Fsp3) is 0. The van der Waals surface area contributed by atoms with Crippen molar-refractivity contribution in [3.8, 4) is 29.8 Å². The van der Waals surface area contributed by atoms with E-state index < -0.39 is 10.7 Å². The Kier molecular flexibility index (Phi) is 32.8. The summed E-state index contributed by atoms with van der Waals surface area (Å²) >= 11 is 0. The second kappa shape index (κ2) is 12.9. The molecule has 0 heterocycles. The van der Waals surface area contributed by atoms with E-state index in [9.17, 15) is 0 Å². The van der Waals surface area contributed by atoms with E-state index in [0.717, 1.165) is 29.8 Å². The van der Waals surface area contributed by atoms with Crippen molar-refractivity contribution in [2.24, 2.45) is 0 Å². The van der Waals surface area contributed by atoms with E-state index in [2.05, 4.69) is 0 Å². The standard InChI is InChI=1S/6CN.Fe.K.6H2O.H/c6*1-2;;;;;;;;;/h;;;;;;;;6*1H2;. The van der Waals surface area contributed by atoms with Crippen LogP contribution in [0, 0.1) is 61.4 Å². The first-order chi connectivity index (χ1) is 5.97. The molecule has 0 spiro atoms. The molecule has 0 unspecified atom stereocenters. The Labute approximate surface area is 154 Å². The van der Waals surface area contributed by atoms with Crippen molar-refractivity contribution >= 4 is 51.4 Å². The average molecular weight is 360 g/mol. The Morgan fingerprint density at radius 1 is 0.400 bits per heavy atom. The van der Waals surface area contributed by atoms with Gasteiger partial charge in [0.2, 0.25) is 0 Å². The Balaban J connectivity index is -0.0000000343. The SMILES string of the molecule is N#[C][Fe]([C]#N)([C]#N)([C]#N)([C]#N)[C]#N.O.O.O.O.O.O.[KH]. The summed E-state index contributed by atoms with van der Waals surface area (Å²) in [4.78, 5) is 6.19. The summed E-state index contributed by atoms with van der Waals surface area (Å²) in [6.07, 6.45) is 0. The number of hydrogen-bond donors (Lipinski definition) is 0. The van der Waals surface area contributed by atoms with Gasteiger partial charge in [-0.1, -0.05) is 0 Å². The molecule has 0 fully saturated rings. The van der Waals surface area contributed by atoms with E-state index in [0.29, 0.717) is 0 Å². The van der Waals surface area contributed by atoms with Gasteiger partial charge >= 0.3 is 123 Å². The van der Waals surface area contributed by atoms with Gasteiger partial charge in [0, 0.05) is 0 Å². The van der Waals surface area contributed by atoms with E-state index in [1.54, 1.807) is 0 Å². The van der Waals surface area contributed by atoms with Gasteiger partial charge in [0.1, 0.15) is 0 Å². The van der Waals surface area contributed by atoms with Crippen LogP contribution in [0.2, 0.25) is 0 Å². The summed E-state index contributed by atoms with van der Waals surface area (Å²) in [6.45, 7) is 0. The van der Waals surface area contributed by atoms with Gasteiger partial charge in [-0.25, -0.2) is 0 Å². The summed E-state index contributed by atoms with van der Waals surface area (Å²) < 4.78 is 0. The fourth-order valence-corrected chi connectivity index (χ4v) is 1.09. The van der Waals surface area contributed by atoms with Crippen molar-refractivity contribution in [1.82, 2.24) is 0 Å². The van der Waals surface area contributed by atoms with Gasteiger partial charge < -0.3 is 32.9 Å². The maximum atomic E-state index is 8.58. The molecule has 112 valence electrons. The van der Waals surface area contributed by atoms with Crippen LogP contribution in [0.4, 0.5) is 0 Å². The molecule has 0 bridgehead atoms. The molecule has 0 atom stereocenters. The molecule has 12 N–H and O–H groups in total. The average Bonchev–Trinajstić information content (AvgIpc) is 2.26. The minimum absolute atomic E-state index is 0. The van der Waals surface area contributed by atoms with Crippen LogP contribution in [0.25, 0.3) is 0 Å². The molecule has 0 aliphatic carbocycles. The van der Waals surface area contributed by atoms with Crippen LogP contribution < -0.4 is 0 Å². The predicted molar refractivity (Wildman–Crippen MR) is 62.5 cm³/mol. The van der Waals surface area contributed by atoms with E-state index >= 15 is 0 Å². The molecule has 0 aromatic heterocycles. The Hall–Kier alpha value is -1.14. The zero-order valence-corrected chi connectivity index (χ0v) is 10.1. The second-order valence-corrected chi connectivity index (χ2v) is 7.42. The summed E-state index contributed by atoms with van der Waals surface area (Å²) in [5.74, 6) is 0. The van der Waals surface area contributed by atoms with Gasteiger partial charge in [-0.3, -0.25) is 0 Å². The van der Waals surface area contributed by atoms with Crippen molar-refractivity contribution in [3.05, 3.63) is 0 Å². The Bertz CT molecular complexity index is 410. The van der Waals surface area contributed by atoms with E-state index in [-0.39, 0.29) is 84.2 Å². The van der Waals surface area contributed by atoms with Crippen LogP contribution in [-0.4, -0.2) is 84.2 Å². The molecule has 20 heavy (non-hydrogen) atoms. The molecule has 0 aromatic rings. The topological polar surface area (TPSA) is 332 Å². The minimum atomic E-state index is -6.17. The van der Waals surface area contributed by atoms with Crippen LogP contribution in [-0.2, 0) is 10.7 Å². The first-order valence-corrected chi connectivity index (χ1v) is 5.71. The zero-order chi connectivity index (χ0) is 10.7. The number of nitrogens with zero attached hydrogens (tertiary/aromatic N) is 6. The molecule has 0 aliphatic heterocycles. The summed E-state index contributed by atoms with van der Waals surface area (Å²) in [7, 11) is -6.17. The van der Waals surface area contributed by atoms with Crippen molar-refractivity contribution in [3.63, 3.8) is 0 Å². The summed E-state index contributed by atoms with van der Waals surface area (Å²) in [6, 6.07) is 0. The second-order valence-electron chi connectivity index (χ2n) is 1.80. The molecule has 0 amide bonds. The third-order valence-corrected chi connectivity index (χ3v) is 4.89. The number of hydrogen-bond acceptors (Lipinski definition) is 6. The van der Waals surface area contributed by atoms with E-state index in [4.69, 9.17) is 31.6 Å². The van der Waals surface area contributed by atoms with Gasteiger partial charge in [-0.15, -0.1) is 0 Å². The Morgan fingerprint density at radius 2 is 0.500 bits per heavy atom. The molecule has 0 rings (SSSR count). The summed E-state index contributed by atoms with van der Waals surface area (Å²) in [5, 5.41) is 51.5. The first kappa shape index (κ1) is 51.0. The van der Waals surface area contributed by atoms with Crippen molar-refractivity contribution in [2.75, 3.05) is 0 Å². The van der Waals surface area contributed by atoms with Gasteiger partial charge in [-0.05, 0) is 0 Å². The molecule has 12 nitrogen and oxygen atoms in total. The molecule has 14 heteroatoms. The molecular weight excluding hydrogens is 347 g/mol. The molecule has 0 radical (unpaired) electrons. The normalized spacial score (nSPS) is 8.70. The van der Waals surface area contributed by atoms with E-state index in [1.807, 2.05) is 0 Å². The molecule has 0 saturated heterocycles. The Morgan fingerprint density at radius 3 is 0.500 bits per heavy atom. The zero-order valence-electron chi connectivity index (χ0n) is 9.04. The van der Waals surface area contributed by atoms with Crippen LogP contribution in [0.1, 0.15) is 0 Å². The van der Waals surface area contributed by atoms with Crippen LogP contribution in [0.3, 0.4) is 0 Å². The van der Waals surface area contributed by atoms with Crippen molar-refractivity contribution in [2.45, 2.75) is 0 Å². The fourth-order valence-electron chi connectivity index (χ4n) is 0.265. The van der Waals surface area contributed by atoms with E-state index in [1.165, 1.54) is 0 Å². The van der Waals surface area contributed by atoms with Crippen LogP contribution in [0.5, 0.6) is 0 Å². The van der Waals surface area contributed by atoms with Gasteiger partial charge in [0.05, 0.1) is 0 Å². The van der Waals surface area contributed by atoms with Crippen molar-refractivity contribution < 1.29 is 43.6 Å². The maximum absolute atomic E-state index is 8.58. The van der Waals surface area contributed by atoms with Crippen LogP contribution >= 0.6 is 0 Å². The monoisotopic (exact) mass is 360 g/mol. The van der Waals surface area contributed by atoms with Gasteiger partial charge in [-0.2, -0.15) is 0 Å². The third kappa shape index (κ3) is 5.09. The quantitative estimate of drug-likeness (QED) is 0.378. The number of nitriles is 6. The predicted octanol–water partition coefficient (Wildman–Crippen LogP) is -5.50. The first-order valence-electron chi connectivity index (χ1n) is 2.40. The van der Waals surface area contributed by atoms with Crippen molar-refractivity contribution in [1.29, 1.82) is 31.6 Å². The molecule has 0 saturated carbocycles. The molecular formula is C6H13FeKN6O6. The van der Waals surface area contributed by atoms with Gasteiger partial charge in [0.25, 0.3) is 0 Å². The summed E-state index contributed by atoms with van der Waals surface area (Å²) in [5.41, 5.74) is 0.